The highest BCUT2D eigenvalue weighted by atomic mass is 35.5. The number of sulfone groups is 1. The molecule has 0 aromatic heterocycles. The fraction of sp³-hybridized carbons (Fsp3) is 0.625. The summed E-state index contributed by atoms with van der Waals surface area (Å²) in [7, 11) is -3.30. The van der Waals surface area contributed by atoms with Crippen molar-refractivity contribution in [2.45, 2.75) is 25.5 Å². The van der Waals surface area contributed by atoms with Gasteiger partial charge < -0.3 is 0 Å². The molecule has 0 unspecified atom stereocenters. The Kier molecular flexibility index (Phi) is 3.54. The Balaban J connectivity index is 5.49. The smallest absolute Gasteiger partial charge is 0.157 e. The number of halogens is 1. The molecule has 0 amide bonds. The predicted octanol–water partition coefficient (Wildman–Crippen LogP) is 1.85. The molecule has 0 atom stereocenters. The minimum atomic E-state index is -3.30. The van der Waals surface area contributed by atoms with Crippen molar-refractivity contribution < 1.29 is 8.42 Å². The van der Waals surface area contributed by atoms with E-state index in [0.29, 0.717) is 0 Å². The average molecular weight is 222 g/mol. The largest absolute Gasteiger partial charge is 0.228 e. The quantitative estimate of drug-likeness (QED) is 0.669. The third-order valence-corrected chi connectivity index (χ3v) is 4.88. The van der Waals surface area contributed by atoms with E-state index >= 15 is 0 Å². The topological polar surface area (TPSA) is 57.9 Å². The first-order valence-electron chi connectivity index (χ1n) is 3.61. The van der Waals surface area contributed by atoms with Crippen molar-refractivity contribution in [1.29, 1.82) is 5.26 Å². The maximum absolute atomic E-state index is 11.3. The molecule has 5 heteroatoms. The molecule has 13 heavy (non-hydrogen) atoms. The molecule has 0 aromatic rings. The van der Waals surface area contributed by atoms with E-state index in [-0.39, 0.29) is 10.6 Å². The molecule has 0 bridgehead atoms. The monoisotopic (exact) mass is 221 g/mol. The van der Waals surface area contributed by atoms with E-state index in [1.54, 1.807) is 0 Å². The zero-order valence-corrected chi connectivity index (χ0v) is 9.62. The van der Waals surface area contributed by atoms with E-state index < -0.39 is 14.6 Å². The Bertz CT molecular complexity index is 373. The number of nitriles is 1. The van der Waals surface area contributed by atoms with Crippen molar-refractivity contribution in [1.82, 2.24) is 0 Å². The molecule has 74 valence electrons. The van der Waals surface area contributed by atoms with Gasteiger partial charge in [-0.25, -0.2) is 8.42 Å². The highest BCUT2D eigenvalue weighted by Crippen LogP contribution is 2.30. The molecule has 0 saturated carbocycles. The van der Waals surface area contributed by atoms with E-state index in [9.17, 15) is 8.42 Å². The maximum Gasteiger partial charge on any atom is 0.157 e. The number of rotatable bonds is 2. The van der Waals surface area contributed by atoms with Crippen molar-refractivity contribution in [3.63, 3.8) is 0 Å². The van der Waals surface area contributed by atoms with Gasteiger partial charge in [0.15, 0.2) is 9.84 Å². The van der Waals surface area contributed by atoms with Crippen LogP contribution in [0.4, 0.5) is 0 Å². The molecule has 3 nitrogen and oxygen atoms in total. The minimum Gasteiger partial charge on any atom is -0.228 e. The van der Waals surface area contributed by atoms with Crippen LogP contribution in [-0.2, 0) is 9.84 Å². The van der Waals surface area contributed by atoms with Crippen molar-refractivity contribution >= 4 is 21.4 Å². The second-order valence-corrected chi connectivity index (χ2v) is 6.28. The zero-order valence-electron chi connectivity index (χ0n) is 8.05. The van der Waals surface area contributed by atoms with Gasteiger partial charge in [0, 0.05) is 11.8 Å². The number of hydrogen-bond acceptors (Lipinski definition) is 3. The van der Waals surface area contributed by atoms with Crippen LogP contribution >= 0.6 is 11.6 Å². The van der Waals surface area contributed by atoms with E-state index in [0.717, 1.165) is 6.26 Å². The number of nitrogens with zero attached hydrogens (tertiary/aromatic N) is 1. The summed E-state index contributed by atoms with van der Waals surface area (Å²) in [5, 5.41) is 8.63. The summed E-state index contributed by atoms with van der Waals surface area (Å²) in [6, 6.07) is 1.83. The molecule has 0 fully saturated rings. The van der Waals surface area contributed by atoms with Crippen LogP contribution in [0.3, 0.4) is 0 Å². The lowest BCUT2D eigenvalue weighted by atomic mass is 10.1. The van der Waals surface area contributed by atoms with Crippen LogP contribution in [0, 0.1) is 11.3 Å². The predicted molar refractivity (Wildman–Crippen MR) is 53.1 cm³/mol. The van der Waals surface area contributed by atoms with Crippen LogP contribution in [0.2, 0.25) is 0 Å². The van der Waals surface area contributed by atoms with Crippen LogP contribution < -0.4 is 0 Å². The Morgan fingerprint density at radius 1 is 1.46 bits per heavy atom. The highest BCUT2D eigenvalue weighted by Gasteiger charge is 2.34. The van der Waals surface area contributed by atoms with E-state index in [2.05, 4.69) is 0 Å². The lowest BCUT2D eigenvalue weighted by Crippen LogP contribution is -2.31. The van der Waals surface area contributed by atoms with E-state index in [4.69, 9.17) is 16.9 Å². The molecule has 0 aliphatic heterocycles. The highest BCUT2D eigenvalue weighted by molar-refractivity contribution is 7.92. The van der Waals surface area contributed by atoms with E-state index in [1.807, 2.05) is 6.07 Å². The second-order valence-electron chi connectivity index (χ2n) is 3.33. The molecule has 0 aliphatic carbocycles. The van der Waals surface area contributed by atoms with Crippen molar-refractivity contribution in [2.24, 2.45) is 0 Å². The first kappa shape index (κ1) is 12.5. The summed E-state index contributed by atoms with van der Waals surface area (Å²) in [6.07, 6.45) is 1.10. The molecule has 0 aliphatic rings. The van der Waals surface area contributed by atoms with Gasteiger partial charge in [0.2, 0.25) is 0 Å². The molecular formula is C8H12ClNO2S. The van der Waals surface area contributed by atoms with Gasteiger partial charge in [-0.05, 0) is 20.8 Å². The SMILES string of the molecule is C/C(C#N)=C(/Cl)C(C)(C)S(C)(=O)=O. The van der Waals surface area contributed by atoms with Gasteiger partial charge in [0.1, 0.15) is 4.75 Å². The number of hydrogen-bond donors (Lipinski definition) is 0. The van der Waals surface area contributed by atoms with Gasteiger partial charge >= 0.3 is 0 Å². The van der Waals surface area contributed by atoms with Crippen molar-refractivity contribution in [2.75, 3.05) is 6.26 Å². The fourth-order valence-corrected chi connectivity index (χ4v) is 1.60. The summed E-state index contributed by atoms with van der Waals surface area (Å²) in [5.41, 5.74) is 0.233. The third-order valence-electron chi connectivity index (χ3n) is 1.95. The molecule has 0 spiro atoms. The Labute approximate surface area is 83.9 Å². The third kappa shape index (κ3) is 2.45. The summed E-state index contributed by atoms with van der Waals surface area (Å²) in [4.78, 5) is 0. The second kappa shape index (κ2) is 3.69. The molecule has 0 aromatic carbocycles. The zero-order chi connectivity index (χ0) is 10.9. The van der Waals surface area contributed by atoms with Crippen LogP contribution in [0.25, 0.3) is 0 Å². The van der Waals surface area contributed by atoms with E-state index in [1.165, 1.54) is 20.8 Å². The molecule has 0 saturated heterocycles. The van der Waals surface area contributed by atoms with Gasteiger partial charge in [-0.15, -0.1) is 0 Å². The van der Waals surface area contributed by atoms with Crippen LogP contribution in [0.1, 0.15) is 20.8 Å². The first-order chi connectivity index (χ1) is 5.64. The van der Waals surface area contributed by atoms with Crippen molar-refractivity contribution in [3.8, 4) is 6.07 Å². The Hall–Kier alpha value is -0.530. The average Bonchev–Trinajstić information content (AvgIpc) is 1.99. The standard InChI is InChI=1S/C8H12ClNO2S/c1-6(5-10)7(9)8(2,3)13(4,11)12/h1-4H3/b7-6-. The summed E-state index contributed by atoms with van der Waals surface area (Å²) >= 11 is 5.79. The normalized spacial score (nSPS) is 14.8. The van der Waals surface area contributed by atoms with Gasteiger partial charge in [0.05, 0.1) is 11.1 Å². The fourth-order valence-electron chi connectivity index (χ4n) is 0.663. The summed E-state index contributed by atoms with van der Waals surface area (Å²) in [6.45, 7) is 4.45. The van der Waals surface area contributed by atoms with Crippen LogP contribution in [0.15, 0.2) is 10.6 Å². The van der Waals surface area contributed by atoms with Crippen molar-refractivity contribution in [3.05, 3.63) is 10.6 Å². The van der Waals surface area contributed by atoms with Gasteiger partial charge in [-0.2, -0.15) is 5.26 Å². The van der Waals surface area contributed by atoms with Gasteiger partial charge in [-0.3, -0.25) is 0 Å². The summed E-state index contributed by atoms with van der Waals surface area (Å²) < 4.78 is 21.4. The molecular weight excluding hydrogens is 210 g/mol. The molecule has 0 radical (unpaired) electrons. The van der Waals surface area contributed by atoms with Crippen LogP contribution in [-0.4, -0.2) is 19.4 Å². The lowest BCUT2D eigenvalue weighted by molar-refractivity contribution is 0.576. The molecule has 0 rings (SSSR count). The molecule has 0 heterocycles. The lowest BCUT2D eigenvalue weighted by Gasteiger charge is -2.22. The Morgan fingerprint density at radius 2 is 1.85 bits per heavy atom. The number of allylic oxidation sites excluding steroid dienone is 1. The van der Waals surface area contributed by atoms with Gasteiger partial charge in [-0.1, -0.05) is 11.6 Å². The van der Waals surface area contributed by atoms with Crippen LogP contribution in [0.5, 0.6) is 0 Å². The summed E-state index contributed by atoms with van der Waals surface area (Å²) in [5.74, 6) is 0. The first-order valence-corrected chi connectivity index (χ1v) is 5.88. The molecule has 0 N–H and O–H groups in total. The minimum absolute atomic E-state index is 0.0810. The Morgan fingerprint density at radius 3 is 2.08 bits per heavy atom. The van der Waals surface area contributed by atoms with Gasteiger partial charge in [0.25, 0.3) is 0 Å². The maximum atomic E-state index is 11.3.